The molecule has 0 atom stereocenters. The molecule has 3 N–H and O–H groups in total. The molecule has 0 saturated heterocycles. The van der Waals surface area contributed by atoms with E-state index < -0.39 is 8.32 Å². The molecule has 0 fully saturated rings. The lowest BCUT2D eigenvalue weighted by Crippen LogP contribution is -2.42. The summed E-state index contributed by atoms with van der Waals surface area (Å²) < 4.78 is 0. The van der Waals surface area contributed by atoms with Crippen molar-refractivity contribution in [2.75, 3.05) is 12.7 Å². The van der Waals surface area contributed by atoms with E-state index in [0.29, 0.717) is 17.8 Å². The van der Waals surface area contributed by atoms with Crippen LogP contribution in [0.15, 0.2) is 24.3 Å². The molecule has 1 aromatic carbocycles. The lowest BCUT2D eigenvalue weighted by Gasteiger charge is -2.15. The van der Waals surface area contributed by atoms with E-state index in [-0.39, 0.29) is 5.91 Å². The van der Waals surface area contributed by atoms with Crippen LogP contribution in [0.5, 0.6) is 0 Å². The van der Waals surface area contributed by atoms with Crippen LogP contribution in [-0.4, -0.2) is 37.8 Å². The molecule has 0 aromatic heterocycles. The average Bonchev–Trinajstić information content (AvgIpc) is 2.35. The largest absolute Gasteiger partial charge is 0.431 e. The van der Waals surface area contributed by atoms with Gasteiger partial charge in [0.25, 0.3) is 5.91 Å². The Hall–Kier alpha value is -1.17. The zero-order valence-electron chi connectivity index (χ0n) is 12.9. The molecule has 20 heavy (non-hydrogen) atoms. The molecule has 0 radical (unpaired) electrons. The molecule has 0 aliphatic carbocycles. The van der Waals surface area contributed by atoms with Gasteiger partial charge in [0.1, 0.15) is 0 Å². The van der Waals surface area contributed by atoms with Gasteiger partial charge in [-0.15, -0.1) is 0 Å². The number of hydrogen-bond acceptors (Lipinski definition) is 3. The van der Waals surface area contributed by atoms with Crippen LogP contribution >= 0.6 is 0 Å². The number of hydrogen-bond donors (Lipinski definition) is 3. The topological polar surface area (TPSA) is 61.4 Å². The van der Waals surface area contributed by atoms with Crippen molar-refractivity contribution in [2.24, 2.45) is 0 Å². The molecule has 0 aliphatic rings. The van der Waals surface area contributed by atoms with Crippen LogP contribution in [0.2, 0.25) is 13.1 Å². The Kier molecular flexibility index (Phi) is 6.39. The van der Waals surface area contributed by atoms with Crippen molar-refractivity contribution in [3.63, 3.8) is 0 Å². The molecule has 5 heteroatoms. The number of carbonyl (C=O) groups excluding carboxylic acids is 1. The molecule has 0 bridgehead atoms. The highest BCUT2D eigenvalue weighted by molar-refractivity contribution is 6.70. The van der Waals surface area contributed by atoms with Crippen molar-refractivity contribution in [2.45, 2.75) is 39.4 Å². The normalized spacial score (nSPS) is 11.7. The Bertz CT molecular complexity index is 442. The number of nitrogens with one attached hydrogen (secondary N) is 2. The van der Waals surface area contributed by atoms with Gasteiger partial charge < -0.3 is 15.4 Å². The van der Waals surface area contributed by atoms with Crippen LogP contribution in [0.1, 0.15) is 29.8 Å². The van der Waals surface area contributed by atoms with Crippen LogP contribution in [0.4, 0.5) is 0 Å². The van der Waals surface area contributed by atoms with Crippen molar-refractivity contribution < 1.29 is 9.59 Å². The summed E-state index contributed by atoms with van der Waals surface area (Å²) in [7, 11) is -2.24. The molecule has 112 valence electrons. The summed E-state index contributed by atoms with van der Waals surface area (Å²) in [6, 6.07) is 8.13. The van der Waals surface area contributed by atoms with E-state index in [4.69, 9.17) is 0 Å². The first-order chi connectivity index (χ1) is 9.28. The molecular formula is C15H26N2O2Si. The number of rotatable bonds is 7. The lowest BCUT2D eigenvalue weighted by atomic mass is 10.1. The third-order valence-corrected chi connectivity index (χ3v) is 3.88. The second-order valence-corrected chi connectivity index (χ2v) is 10.0. The van der Waals surface area contributed by atoms with E-state index in [9.17, 15) is 9.59 Å². The molecular weight excluding hydrogens is 268 g/mol. The summed E-state index contributed by atoms with van der Waals surface area (Å²) in [5, 5.41) is 6.16. The summed E-state index contributed by atoms with van der Waals surface area (Å²) >= 11 is 0. The van der Waals surface area contributed by atoms with E-state index in [0.717, 1.165) is 18.5 Å². The van der Waals surface area contributed by atoms with Crippen LogP contribution < -0.4 is 10.6 Å². The van der Waals surface area contributed by atoms with Crippen LogP contribution in [0, 0.1) is 0 Å². The van der Waals surface area contributed by atoms with Crippen molar-refractivity contribution in [3.05, 3.63) is 35.4 Å². The van der Waals surface area contributed by atoms with E-state index >= 15 is 0 Å². The Morgan fingerprint density at radius 3 is 2.65 bits per heavy atom. The third kappa shape index (κ3) is 6.84. The maximum atomic E-state index is 12.0. The average molecular weight is 294 g/mol. The highest BCUT2D eigenvalue weighted by atomic mass is 28.4. The minimum absolute atomic E-state index is 0.113. The highest BCUT2D eigenvalue weighted by Crippen LogP contribution is 2.06. The van der Waals surface area contributed by atoms with Gasteiger partial charge in [0, 0.05) is 17.8 Å². The fourth-order valence-corrected chi connectivity index (χ4v) is 2.37. The lowest BCUT2D eigenvalue weighted by molar-refractivity contribution is 0.0958. The molecule has 0 aliphatic heterocycles. The highest BCUT2D eigenvalue weighted by Gasteiger charge is 2.18. The van der Waals surface area contributed by atoms with Gasteiger partial charge in [0.2, 0.25) is 8.32 Å². The molecule has 1 amide bonds. The van der Waals surface area contributed by atoms with Crippen LogP contribution in [-0.2, 0) is 6.42 Å². The molecule has 0 unspecified atom stereocenters. The quantitative estimate of drug-likeness (QED) is 0.671. The summed E-state index contributed by atoms with van der Waals surface area (Å²) in [6.07, 6.45) is 1.28. The summed E-state index contributed by atoms with van der Waals surface area (Å²) in [6.45, 7) is 8.75. The third-order valence-electron chi connectivity index (χ3n) is 2.84. The first-order valence-electron chi connectivity index (χ1n) is 7.11. The van der Waals surface area contributed by atoms with Gasteiger partial charge in [-0.2, -0.15) is 0 Å². The van der Waals surface area contributed by atoms with Gasteiger partial charge in [-0.1, -0.05) is 26.0 Å². The molecule has 1 aromatic rings. The minimum Gasteiger partial charge on any atom is -0.431 e. The van der Waals surface area contributed by atoms with Gasteiger partial charge in [-0.05, 0) is 43.8 Å². The van der Waals surface area contributed by atoms with E-state index in [1.807, 2.05) is 18.2 Å². The van der Waals surface area contributed by atoms with E-state index in [1.165, 1.54) is 0 Å². The van der Waals surface area contributed by atoms with Gasteiger partial charge in [-0.3, -0.25) is 4.79 Å². The van der Waals surface area contributed by atoms with Crippen molar-refractivity contribution >= 4 is 14.2 Å². The number of carbonyl (C=O) groups is 1. The predicted molar refractivity (Wildman–Crippen MR) is 85.3 cm³/mol. The number of benzene rings is 1. The Morgan fingerprint density at radius 1 is 1.35 bits per heavy atom. The second-order valence-electron chi connectivity index (χ2n) is 6.05. The van der Waals surface area contributed by atoms with Gasteiger partial charge in [-0.25, -0.2) is 0 Å². The van der Waals surface area contributed by atoms with E-state index in [2.05, 4.69) is 24.5 Å². The van der Waals surface area contributed by atoms with Gasteiger partial charge in [0.15, 0.2) is 0 Å². The summed E-state index contributed by atoms with van der Waals surface area (Å²) in [4.78, 5) is 21.8. The monoisotopic (exact) mass is 294 g/mol. The molecule has 0 saturated carbocycles. The SMILES string of the molecule is CC(C)NCCc1cccc(C(=O)NC[Si](C)(C)O)c1. The Morgan fingerprint density at radius 2 is 2.05 bits per heavy atom. The summed E-state index contributed by atoms with van der Waals surface area (Å²) in [5.74, 6) is -0.113. The van der Waals surface area contributed by atoms with Gasteiger partial charge in [0.05, 0.1) is 0 Å². The molecule has 0 heterocycles. The van der Waals surface area contributed by atoms with Crippen LogP contribution in [0.3, 0.4) is 0 Å². The first-order valence-corrected chi connectivity index (χ1v) is 10.3. The Labute approximate surface area is 122 Å². The minimum atomic E-state index is -2.24. The zero-order chi connectivity index (χ0) is 15.2. The Balaban J connectivity index is 2.56. The van der Waals surface area contributed by atoms with Crippen molar-refractivity contribution in [1.29, 1.82) is 0 Å². The second kappa shape index (κ2) is 7.57. The maximum absolute atomic E-state index is 12.0. The first kappa shape index (κ1) is 16.9. The summed E-state index contributed by atoms with van der Waals surface area (Å²) in [5.41, 5.74) is 1.80. The molecule has 4 nitrogen and oxygen atoms in total. The standard InChI is InChI=1S/C15H26N2O2Si/c1-12(2)16-9-8-13-6-5-7-14(10-13)15(18)17-11-20(3,4)19/h5-7,10,12,16,19H,8-9,11H2,1-4H3,(H,17,18). The van der Waals surface area contributed by atoms with Gasteiger partial charge >= 0.3 is 0 Å². The molecule has 1 rings (SSSR count). The fourth-order valence-electron chi connectivity index (χ4n) is 1.77. The molecule has 0 spiro atoms. The van der Waals surface area contributed by atoms with Crippen molar-refractivity contribution in [3.8, 4) is 0 Å². The van der Waals surface area contributed by atoms with Crippen LogP contribution in [0.25, 0.3) is 0 Å². The van der Waals surface area contributed by atoms with E-state index in [1.54, 1.807) is 19.2 Å². The number of amides is 1. The smallest absolute Gasteiger partial charge is 0.251 e. The van der Waals surface area contributed by atoms with Crippen molar-refractivity contribution in [1.82, 2.24) is 10.6 Å². The predicted octanol–water partition coefficient (Wildman–Crippen LogP) is 1.69. The maximum Gasteiger partial charge on any atom is 0.251 e. The fraction of sp³-hybridized carbons (Fsp3) is 0.533. The zero-order valence-corrected chi connectivity index (χ0v) is 13.9.